The first-order chi connectivity index (χ1) is 24.6. The largest absolute Gasteiger partial charge is 0.455 e. The van der Waals surface area contributed by atoms with Crippen LogP contribution in [0.15, 0.2) is 41.5 Å². The van der Waals surface area contributed by atoms with Crippen molar-refractivity contribution in [2.75, 3.05) is 6.61 Å². The first kappa shape index (κ1) is 49.2. The monoisotopic (exact) mass is 1050 g/mol. The van der Waals surface area contributed by atoms with E-state index in [2.05, 4.69) is 80.4 Å². The van der Waals surface area contributed by atoms with Gasteiger partial charge in [0.25, 0.3) is 0 Å². The minimum absolute atomic E-state index is 0.114. The highest BCUT2D eigenvalue weighted by molar-refractivity contribution is 9.10. The number of rotatable bonds is 12. The molecule has 3 N–H and O–H groups in total. The van der Waals surface area contributed by atoms with Crippen LogP contribution in [0, 0.1) is 16.7 Å². The molecule has 0 aromatic heterocycles. The van der Waals surface area contributed by atoms with Gasteiger partial charge in [-0.3, -0.25) is 4.79 Å². The molecule has 0 spiro atoms. The van der Waals surface area contributed by atoms with Gasteiger partial charge < -0.3 is 33.8 Å². The van der Waals surface area contributed by atoms with Gasteiger partial charge in [0.1, 0.15) is 23.4 Å². The normalized spacial score (nSPS) is 36.8. The van der Waals surface area contributed by atoms with Gasteiger partial charge >= 0.3 is 5.97 Å². The molecule has 1 aromatic rings. The second-order valence-corrected chi connectivity index (χ2v) is 72.3. The second kappa shape index (κ2) is 19.5. The molecular weight excluding hydrogens is 995 g/mol. The molecular formula is C27H51O9P17. The van der Waals surface area contributed by atoms with Crippen LogP contribution in [0.4, 0.5) is 0 Å². The van der Waals surface area contributed by atoms with Crippen LogP contribution in [0.5, 0.6) is 0 Å². The lowest BCUT2D eigenvalue weighted by atomic mass is 9.45. The van der Waals surface area contributed by atoms with Crippen LogP contribution in [-0.4, -0.2) is 75.4 Å². The van der Waals surface area contributed by atoms with Crippen LogP contribution in [0.1, 0.15) is 50.9 Å². The van der Waals surface area contributed by atoms with Gasteiger partial charge in [0.2, 0.25) is 0 Å². The summed E-state index contributed by atoms with van der Waals surface area (Å²) in [5.74, 6) is -2.18. The summed E-state index contributed by atoms with van der Waals surface area (Å²) in [4.78, 5) is 30.4. The summed E-state index contributed by atoms with van der Waals surface area (Å²) >= 11 is 0. The van der Waals surface area contributed by atoms with Gasteiger partial charge in [-0.05, 0) is 65.1 Å². The fourth-order valence-corrected chi connectivity index (χ4v) is 107. The van der Waals surface area contributed by atoms with Crippen molar-refractivity contribution in [3.8, 4) is 0 Å². The summed E-state index contributed by atoms with van der Waals surface area (Å²) in [5, 5.41) is 38.2. The molecule has 298 valence electrons. The van der Waals surface area contributed by atoms with E-state index in [1.54, 1.807) is 30.3 Å². The average Bonchev–Trinajstić information content (AvgIpc) is 3.07. The van der Waals surface area contributed by atoms with Crippen LogP contribution in [0.2, 0.25) is 0 Å². The standard InChI is InChI=1S/C27H51O9P17/c1-13-15(28)11-27(32)22(34-23(30)14-8-6-5-7-9-14)20-25(4,16(10-17-26(20,31)12-33-17)35-47(49(38)39)50(40)41)21(29)19(18(13)24(27,2)3)36-48(51(42)43)53(46-37)52(44)45/h5-9,15-17,19-20,22,28,31-32,46H,10-12,37-45H2,1-4H3/t15?,16?,17?,19?,20?,22?,25-,26?,27?,48?,53?/m1/s1. The summed E-state index contributed by atoms with van der Waals surface area (Å²) in [6.07, 6.45) is -5.25. The Labute approximate surface area is 344 Å². The van der Waals surface area contributed by atoms with Crippen LogP contribution >= 0.6 is 138 Å². The number of carbonyl (C=O) groups excluding carboxylic acids is 2. The highest BCUT2D eigenvalue weighted by Gasteiger charge is 2.77. The van der Waals surface area contributed by atoms with Crippen molar-refractivity contribution in [2.24, 2.45) is 16.7 Å². The Balaban J connectivity index is 1.84. The van der Waals surface area contributed by atoms with E-state index in [1.165, 1.54) is 0 Å². The van der Waals surface area contributed by atoms with Crippen molar-refractivity contribution in [1.29, 1.82) is 0 Å². The summed E-state index contributed by atoms with van der Waals surface area (Å²) in [5.41, 5.74) is -5.09. The third-order valence-electron chi connectivity index (χ3n) is 11.1. The molecule has 0 radical (unpaired) electrons. The first-order valence-electron chi connectivity index (χ1n) is 16.2. The number of ketones is 1. The number of aliphatic hydroxyl groups is 3. The summed E-state index contributed by atoms with van der Waals surface area (Å²) in [6, 6.07) is 8.52. The lowest BCUT2D eigenvalue weighted by Gasteiger charge is -2.67. The molecule has 21 atom stereocenters. The molecule has 1 heterocycles. The predicted molar refractivity (Wildman–Crippen MR) is 268 cm³/mol. The molecule has 2 saturated carbocycles. The van der Waals surface area contributed by atoms with E-state index in [9.17, 15) is 20.1 Å². The van der Waals surface area contributed by atoms with Crippen molar-refractivity contribution >= 4 is 150 Å². The fraction of sp³-hybridized carbons (Fsp3) is 0.630. The highest BCUT2D eigenvalue weighted by Crippen LogP contribution is 3.09. The number of carbonyl (C=O) groups is 2. The maximum atomic E-state index is 16.2. The van der Waals surface area contributed by atoms with Gasteiger partial charge in [0.15, 0.2) is 5.78 Å². The molecule has 0 amide bonds. The summed E-state index contributed by atoms with van der Waals surface area (Å²) < 4.78 is 27.0. The molecule has 53 heavy (non-hydrogen) atoms. The average molecular weight is 1050 g/mol. The van der Waals surface area contributed by atoms with Crippen molar-refractivity contribution in [1.82, 2.24) is 0 Å². The zero-order valence-corrected chi connectivity index (χ0v) is 47.2. The molecule has 1 saturated heterocycles. The van der Waals surface area contributed by atoms with E-state index < -0.39 is 114 Å². The number of esters is 1. The van der Waals surface area contributed by atoms with Crippen LogP contribution in [0.25, 0.3) is 0 Å². The Morgan fingerprint density at radius 2 is 1.51 bits per heavy atom. The lowest BCUT2D eigenvalue weighted by Crippen LogP contribution is -2.81. The SMILES string of the molecule is CC1=C2C(OP(P(P)P)P(PP)P(P)P)C(=O)[C@]3(C)C(OP(P(P)P)P(P)P)CC4OCC4(O)C3C(OC(=O)c3ccccc3)C(O)(CC1O)C2(C)C. The molecule has 1 aliphatic heterocycles. The summed E-state index contributed by atoms with van der Waals surface area (Å²) in [6.45, 7) is 3.70. The number of aliphatic hydroxyl groups excluding tert-OH is 1. The Hall–Kier alpha value is 5.17. The van der Waals surface area contributed by atoms with E-state index >= 15 is 4.79 Å². The van der Waals surface area contributed by atoms with Gasteiger partial charge in [0, 0.05) is 31.2 Å². The molecule has 3 aliphatic carbocycles. The molecule has 4 aliphatic rings. The van der Waals surface area contributed by atoms with E-state index in [1.807, 2.05) is 27.7 Å². The quantitative estimate of drug-likeness (QED) is 0.106. The van der Waals surface area contributed by atoms with Crippen molar-refractivity contribution in [3.63, 3.8) is 0 Å². The first-order valence-corrected chi connectivity index (χ1v) is 45.6. The van der Waals surface area contributed by atoms with Gasteiger partial charge in [-0.2, -0.15) is 0 Å². The van der Waals surface area contributed by atoms with Gasteiger partial charge in [0.05, 0.1) is 50.9 Å². The maximum absolute atomic E-state index is 16.2. The number of hydrogen-bond donors (Lipinski definition) is 3. The van der Waals surface area contributed by atoms with Crippen molar-refractivity contribution in [2.45, 2.75) is 82.3 Å². The van der Waals surface area contributed by atoms with Crippen molar-refractivity contribution in [3.05, 3.63) is 47.0 Å². The third-order valence-corrected chi connectivity index (χ3v) is 80.7. The molecule has 5 rings (SSSR count). The Bertz CT molecular complexity index is 1550. The fourth-order valence-electron chi connectivity index (χ4n) is 8.30. The van der Waals surface area contributed by atoms with Crippen molar-refractivity contribution < 1.29 is 43.4 Å². The zero-order valence-electron chi connectivity index (χ0n) is 29.6. The topological polar surface area (TPSA) is 132 Å². The van der Waals surface area contributed by atoms with E-state index in [0.29, 0.717) is 19.1 Å². The van der Waals surface area contributed by atoms with E-state index in [0.717, 1.165) is 0 Å². The highest BCUT2D eigenvalue weighted by atomic mass is 33.1. The summed E-state index contributed by atoms with van der Waals surface area (Å²) in [7, 11) is 24.4. The molecule has 1 aromatic carbocycles. The molecule has 9 nitrogen and oxygen atoms in total. The number of ether oxygens (including phenoxy) is 2. The second-order valence-electron chi connectivity index (χ2n) is 14.2. The van der Waals surface area contributed by atoms with Crippen LogP contribution in [0.3, 0.4) is 0 Å². The predicted octanol–water partition coefficient (Wildman–Crippen LogP) is 11.0. The Morgan fingerprint density at radius 3 is 2.00 bits per heavy atom. The minimum atomic E-state index is -1.96. The zero-order chi connectivity index (χ0) is 39.6. The lowest BCUT2D eigenvalue weighted by molar-refractivity contribution is -0.341. The minimum Gasteiger partial charge on any atom is -0.455 e. The van der Waals surface area contributed by atoms with Gasteiger partial charge in [-0.1, -0.05) is 40.0 Å². The molecule has 26 heteroatoms. The Morgan fingerprint density at radius 1 is 0.925 bits per heavy atom. The third kappa shape index (κ3) is 9.25. The van der Waals surface area contributed by atoms with Gasteiger partial charge in [-0.15, -0.1) is 80.4 Å². The van der Waals surface area contributed by atoms with E-state index in [-0.39, 0.29) is 30.8 Å². The number of hydrogen-bond acceptors (Lipinski definition) is 9. The van der Waals surface area contributed by atoms with E-state index in [4.69, 9.17) is 18.5 Å². The van der Waals surface area contributed by atoms with Crippen LogP contribution in [-0.2, 0) is 23.3 Å². The maximum Gasteiger partial charge on any atom is 0.338 e. The molecule has 3 fully saturated rings. The molecule has 2 bridgehead atoms. The van der Waals surface area contributed by atoms with Crippen LogP contribution < -0.4 is 0 Å². The van der Waals surface area contributed by atoms with Gasteiger partial charge in [-0.25, -0.2) is 4.79 Å². The smallest absolute Gasteiger partial charge is 0.338 e. The number of fused-ring (bicyclic) bond motifs is 5. The number of benzene rings is 1. The number of Topliss-reactive ketones (excluding diaryl/α,β-unsaturated/α-hetero) is 1. The molecule has 20 unspecified atom stereocenters. The Kier molecular flexibility index (Phi) is 18.1.